The minimum absolute atomic E-state index is 0.00403. The van der Waals surface area contributed by atoms with E-state index in [1.165, 1.54) is 42.8 Å². The second kappa shape index (κ2) is 19.6. The van der Waals surface area contributed by atoms with Crippen LogP contribution in [0.5, 0.6) is 17.2 Å². The summed E-state index contributed by atoms with van der Waals surface area (Å²) in [5.74, 6) is 0.991. The largest absolute Gasteiger partial charge is 0.508 e. The zero-order valence-electron chi connectivity index (χ0n) is 41.4. The molecule has 3 aromatic heterocycles. The van der Waals surface area contributed by atoms with Crippen molar-refractivity contribution in [3.8, 4) is 22.9 Å². The van der Waals surface area contributed by atoms with Gasteiger partial charge in [-0.15, -0.1) is 0 Å². The summed E-state index contributed by atoms with van der Waals surface area (Å²) in [5, 5.41) is 86.7. The molecule has 11 rings (SSSR count). The van der Waals surface area contributed by atoms with Gasteiger partial charge >= 0.3 is 0 Å². The fourth-order valence-corrected chi connectivity index (χ4v) is 13.8. The number of H-pyrrole nitrogens is 1. The van der Waals surface area contributed by atoms with Gasteiger partial charge in [0.2, 0.25) is 5.91 Å². The van der Waals surface area contributed by atoms with Crippen molar-refractivity contribution >= 4 is 38.6 Å². The summed E-state index contributed by atoms with van der Waals surface area (Å²) in [6.07, 6.45) is 6.49. The molecule has 1 amide bonds. The zero-order chi connectivity index (χ0) is 50.9. The molecular formula is C56H68N4O13. The van der Waals surface area contributed by atoms with Crippen LogP contribution in [0.3, 0.4) is 0 Å². The number of carbonyl (C=O) groups excluding carboxylic acids is 1. The lowest BCUT2D eigenvalue weighted by atomic mass is 9.53. The molecule has 10 N–H and O–H groups in total. The number of aromatic nitrogens is 2. The van der Waals surface area contributed by atoms with Crippen molar-refractivity contribution in [3.05, 3.63) is 93.7 Å². The third-order valence-corrected chi connectivity index (χ3v) is 17.5. The maximum Gasteiger partial charge on any atom is 0.220 e. The zero-order valence-corrected chi connectivity index (χ0v) is 41.4. The Kier molecular flexibility index (Phi) is 13.4. The van der Waals surface area contributed by atoms with Gasteiger partial charge in [-0.2, -0.15) is 0 Å². The number of nitrogens with zero attached hydrogens (tertiary/aromatic N) is 1. The molecule has 0 radical (unpaired) electrons. The van der Waals surface area contributed by atoms with E-state index in [1.807, 2.05) is 24.5 Å². The summed E-state index contributed by atoms with van der Waals surface area (Å²) >= 11 is 0. The first kappa shape index (κ1) is 49.7. The molecule has 17 heteroatoms. The summed E-state index contributed by atoms with van der Waals surface area (Å²) in [6.45, 7) is 2.69. The fraction of sp³-hybridized carbons (Fsp3) is 0.536. The molecule has 11 unspecified atom stereocenters. The molecule has 6 aromatic rings. The number of hydrogen-bond donors (Lipinski definition) is 10. The van der Waals surface area contributed by atoms with Gasteiger partial charge in [-0.05, 0) is 117 Å². The minimum Gasteiger partial charge on any atom is -0.508 e. The van der Waals surface area contributed by atoms with Crippen molar-refractivity contribution in [1.29, 1.82) is 0 Å². The molecular weight excluding hydrogens is 937 g/mol. The van der Waals surface area contributed by atoms with E-state index in [-0.39, 0.29) is 59.0 Å². The van der Waals surface area contributed by atoms with Crippen molar-refractivity contribution in [3.63, 3.8) is 0 Å². The van der Waals surface area contributed by atoms with Crippen LogP contribution in [0.1, 0.15) is 93.7 Å². The molecule has 17 nitrogen and oxygen atoms in total. The molecule has 3 saturated carbocycles. The average molecular weight is 1010 g/mol. The van der Waals surface area contributed by atoms with Gasteiger partial charge in [0.15, 0.2) is 16.8 Å². The molecule has 1 spiro atoms. The highest BCUT2D eigenvalue weighted by Crippen LogP contribution is 2.58. The number of aromatic hydroxyl groups is 2. The molecule has 1 saturated heterocycles. The molecule has 5 aliphatic rings. The smallest absolute Gasteiger partial charge is 0.220 e. The van der Waals surface area contributed by atoms with Crippen LogP contribution >= 0.6 is 0 Å². The van der Waals surface area contributed by atoms with Crippen molar-refractivity contribution < 1.29 is 59.5 Å². The van der Waals surface area contributed by atoms with Gasteiger partial charge in [-0.1, -0.05) is 32.3 Å². The number of amides is 1. The van der Waals surface area contributed by atoms with Gasteiger partial charge < -0.3 is 65.1 Å². The van der Waals surface area contributed by atoms with Gasteiger partial charge in [0, 0.05) is 84.3 Å². The third kappa shape index (κ3) is 8.88. The maximum atomic E-state index is 14.1. The van der Waals surface area contributed by atoms with Gasteiger partial charge in [-0.25, -0.2) is 9.78 Å². The number of carbonyl (C=O) groups is 1. The fourth-order valence-electron chi connectivity index (χ4n) is 13.8. The van der Waals surface area contributed by atoms with Crippen LogP contribution in [0.25, 0.3) is 38.3 Å². The van der Waals surface area contributed by atoms with Gasteiger partial charge in [-0.3, -0.25) is 9.59 Å². The van der Waals surface area contributed by atoms with Gasteiger partial charge in [0.05, 0.1) is 17.5 Å². The van der Waals surface area contributed by atoms with E-state index < -0.39 is 55.3 Å². The van der Waals surface area contributed by atoms with Crippen LogP contribution in [0, 0.1) is 30.6 Å². The topological polar surface area (TPSA) is 261 Å². The standard InChI is InChI=1S/C56H68N4O13/c1-3-44-37-15-16-57-43(37)26-60(44)50-52-32(18-39-46(64)17-29(2)71-53(39)50)20-48(56(72-52)24-40(33-21-49(66)58-25-33)30-9-13-42(41(56)19-30)59-34-7-5-4-6-8-34)73-70-28-55(69,54(68)51(67)47(65)27-61)23-31-10-14-45(63)36-12-11-35(62)22-38(31)36/h10-12,14-18,22,26,30,33-34,40-42,47-48,51,54,57,59,61-63,65,67-69H,3-9,13,19-21,23-25,27-28H2,1-2H3,(H,58,66). The molecule has 2 aliphatic heterocycles. The molecule has 3 aromatic carbocycles. The van der Waals surface area contributed by atoms with E-state index in [9.17, 15) is 45.3 Å². The maximum absolute atomic E-state index is 14.1. The Hall–Kier alpha value is -5.50. The summed E-state index contributed by atoms with van der Waals surface area (Å²) < 4.78 is 16.6. The average Bonchev–Trinajstić information content (AvgIpc) is 4.12. The van der Waals surface area contributed by atoms with Crippen LogP contribution in [0.4, 0.5) is 0 Å². The van der Waals surface area contributed by atoms with Crippen molar-refractivity contribution in [2.45, 2.75) is 145 Å². The highest BCUT2D eigenvalue weighted by atomic mass is 17.2. The number of aliphatic hydroxyl groups is 5. The Labute approximate surface area is 422 Å². The number of phenols is 2. The van der Waals surface area contributed by atoms with E-state index in [1.54, 1.807) is 6.92 Å². The number of fused-ring (bicyclic) bond motifs is 7. The normalized spacial score (nSPS) is 27.5. The predicted octanol–water partition coefficient (Wildman–Crippen LogP) is 5.40. The number of phenolic OH excluding ortho intramolecular Hbond substituents is 2. The summed E-state index contributed by atoms with van der Waals surface area (Å²) in [7, 11) is 0. The molecule has 73 heavy (non-hydrogen) atoms. The monoisotopic (exact) mass is 1000 g/mol. The first-order valence-corrected chi connectivity index (χ1v) is 26.3. The van der Waals surface area contributed by atoms with Crippen LogP contribution < -0.4 is 20.8 Å². The molecule has 4 fully saturated rings. The molecule has 2 bridgehead atoms. The second-order valence-corrected chi connectivity index (χ2v) is 21.9. The van der Waals surface area contributed by atoms with Gasteiger partial charge in [0.25, 0.3) is 0 Å². The Morgan fingerprint density at radius 3 is 2.53 bits per heavy atom. The summed E-state index contributed by atoms with van der Waals surface area (Å²) in [4.78, 5) is 43.5. The van der Waals surface area contributed by atoms with Crippen LogP contribution in [0.15, 0.2) is 70.1 Å². The number of ether oxygens (including phenoxy) is 1. The predicted molar refractivity (Wildman–Crippen MR) is 271 cm³/mol. The Bertz CT molecular complexity index is 3090. The quantitative estimate of drug-likeness (QED) is 0.0457. The highest BCUT2D eigenvalue weighted by molar-refractivity contribution is 5.93. The van der Waals surface area contributed by atoms with Gasteiger partial charge in [0.1, 0.15) is 65.2 Å². The lowest BCUT2D eigenvalue weighted by Gasteiger charge is -2.59. The number of aromatic amines is 1. The van der Waals surface area contributed by atoms with E-state index in [0.717, 1.165) is 61.5 Å². The Balaban J connectivity index is 1.06. The first-order chi connectivity index (χ1) is 35.2. The molecule has 5 heterocycles. The molecule has 11 atom stereocenters. The van der Waals surface area contributed by atoms with Crippen molar-refractivity contribution in [1.82, 2.24) is 20.2 Å². The SMILES string of the molecule is CCc1c2cc[nH]c2cn1-c1c2c(cc3c(=O)cc(C)oc13)CC(OOCC(O)(Cc1ccc(O)c3ccc(O)cc13)C(O)C(O)C(O)CO)C1(CC(C3CNC(=O)C3)C3CCC(NC4CCCCC4)C1C3)O2. The number of nitrogens with one attached hydrogen (secondary N) is 3. The van der Waals surface area contributed by atoms with E-state index in [2.05, 4.69) is 27.1 Å². The summed E-state index contributed by atoms with van der Waals surface area (Å²) in [6, 6.07) is 12.9. The number of aryl methyl sites for hydroxylation is 2. The number of benzene rings is 3. The Morgan fingerprint density at radius 1 is 0.945 bits per heavy atom. The minimum atomic E-state index is -2.43. The number of hydrogen-bond acceptors (Lipinski definition) is 14. The third-order valence-electron chi connectivity index (χ3n) is 17.5. The second-order valence-electron chi connectivity index (χ2n) is 21.9. The highest BCUT2D eigenvalue weighted by Gasteiger charge is 2.62. The van der Waals surface area contributed by atoms with E-state index in [0.29, 0.717) is 81.9 Å². The van der Waals surface area contributed by atoms with Crippen molar-refractivity contribution in [2.24, 2.45) is 23.7 Å². The lowest BCUT2D eigenvalue weighted by molar-refractivity contribution is -0.381. The van der Waals surface area contributed by atoms with Crippen molar-refractivity contribution in [2.75, 3.05) is 19.8 Å². The number of rotatable bonds is 15. The first-order valence-electron chi connectivity index (χ1n) is 26.3. The number of aliphatic hydroxyl groups excluding tert-OH is 4. The van der Waals surface area contributed by atoms with Crippen LogP contribution in [-0.2, 0) is 33.8 Å². The molecule has 390 valence electrons. The van der Waals surface area contributed by atoms with E-state index in [4.69, 9.17) is 18.9 Å². The van der Waals surface area contributed by atoms with Crippen LogP contribution in [0.2, 0.25) is 0 Å². The summed E-state index contributed by atoms with van der Waals surface area (Å²) in [5.41, 5.74) is 0.0794. The molecule has 3 aliphatic carbocycles. The van der Waals surface area contributed by atoms with E-state index >= 15 is 0 Å². The lowest BCUT2D eigenvalue weighted by Crippen LogP contribution is -2.68. The van der Waals surface area contributed by atoms with Crippen LogP contribution in [-0.4, -0.2) is 119 Å². The Morgan fingerprint density at radius 2 is 1.77 bits per heavy atom.